The molecule has 2 aromatic carbocycles. The number of nitrogens with one attached hydrogen (secondary N) is 2. The van der Waals surface area contributed by atoms with E-state index in [-0.39, 0.29) is 0 Å². The molecule has 0 fully saturated rings. The zero-order chi connectivity index (χ0) is 52.6. The van der Waals surface area contributed by atoms with Gasteiger partial charge in [0.25, 0.3) is 0 Å². The Kier molecular flexibility index (Phi) is 22.1. The number of H-pyrrole nitrogens is 2. The summed E-state index contributed by atoms with van der Waals surface area (Å²) >= 11 is 0. The van der Waals surface area contributed by atoms with Crippen LogP contribution < -0.4 is 18.9 Å². The van der Waals surface area contributed by atoms with Gasteiger partial charge in [0.1, 0.15) is 23.0 Å². The Morgan fingerprint density at radius 3 is 0.961 bits per heavy atom. The molecule has 0 atom stereocenters. The smallest absolute Gasteiger partial charge is 0.123 e. The lowest BCUT2D eigenvalue weighted by Crippen LogP contribution is -2.01. The molecule has 0 amide bonds. The summed E-state index contributed by atoms with van der Waals surface area (Å²) in [5.74, 6) is 3.17. The third kappa shape index (κ3) is 16.0. The Balaban J connectivity index is 1.23. The molecule has 2 aliphatic rings. The van der Waals surface area contributed by atoms with Gasteiger partial charge in [0.15, 0.2) is 0 Å². The predicted molar refractivity (Wildman–Crippen MR) is 318 cm³/mol. The van der Waals surface area contributed by atoms with E-state index < -0.39 is 0 Å². The zero-order valence-electron chi connectivity index (χ0n) is 46.4. The number of nitrogens with zero attached hydrogens (tertiary/aromatic N) is 2. The van der Waals surface area contributed by atoms with Crippen LogP contribution in [0.4, 0.5) is 0 Å². The highest BCUT2D eigenvalue weighted by atomic mass is 16.5. The van der Waals surface area contributed by atoms with Crippen LogP contribution in [0.1, 0.15) is 205 Å². The maximum Gasteiger partial charge on any atom is 0.123 e. The second-order valence-corrected chi connectivity index (χ2v) is 20.9. The third-order valence-corrected chi connectivity index (χ3v) is 14.6. The highest BCUT2D eigenvalue weighted by Gasteiger charge is 2.19. The summed E-state index contributed by atoms with van der Waals surface area (Å²) in [4.78, 5) is 18.4. The normalized spacial score (nSPS) is 11.8. The first-order chi connectivity index (χ1) is 37.5. The topological polar surface area (TPSA) is 94.3 Å². The molecule has 10 bridgehead atoms. The number of fused-ring (bicyclic) bond motifs is 15. The SMILES string of the molecule is CCCCCCCCOc1cc(OCCCCCCCC)cc(-c2c3nc(c4c#cc#cc(c5nc(c(-c6cc(OCCCCCCCC)cc(OCCCCCCCC)c6)c6ccc4[nH]6)C=C5)c4ccc2[nH]4)C=C3)c1. The first-order valence-corrected chi connectivity index (χ1v) is 29.6. The summed E-state index contributed by atoms with van der Waals surface area (Å²) < 4.78 is 26.2. The van der Waals surface area contributed by atoms with Gasteiger partial charge in [-0.1, -0.05) is 156 Å². The van der Waals surface area contributed by atoms with Crippen LogP contribution in [0.2, 0.25) is 0 Å². The van der Waals surface area contributed by atoms with E-state index >= 15 is 0 Å². The van der Waals surface area contributed by atoms with Gasteiger partial charge in [0.05, 0.1) is 71.0 Å². The molecule has 4 aromatic heterocycles. The molecule has 8 nitrogen and oxygen atoms in total. The summed E-state index contributed by atoms with van der Waals surface area (Å²) in [7, 11) is 0. The molecule has 0 saturated heterocycles. The van der Waals surface area contributed by atoms with Crippen molar-refractivity contribution in [1.29, 1.82) is 0 Å². The van der Waals surface area contributed by atoms with Gasteiger partial charge in [-0.25, -0.2) is 9.97 Å². The van der Waals surface area contributed by atoms with Crippen LogP contribution in [-0.4, -0.2) is 46.4 Å². The number of hydrogen-bond acceptors (Lipinski definition) is 6. The van der Waals surface area contributed by atoms with Crippen LogP contribution in [0.3, 0.4) is 0 Å². The van der Waals surface area contributed by atoms with E-state index in [4.69, 9.17) is 28.9 Å². The molecule has 0 aliphatic carbocycles. The van der Waals surface area contributed by atoms with E-state index in [1.807, 2.05) is 0 Å². The monoisotopic (exact) mass is 1020 g/mol. The minimum Gasteiger partial charge on any atom is -0.493 e. The maximum atomic E-state index is 6.56. The number of unbranched alkanes of at least 4 members (excludes halogenated alkanes) is 20. The second-order valence-electron chi connectivity index (χ2n) is 20.9. The van der Waals surface area contributed by atoms with Crippen molar-refractivity contribution in [2.75, 3.05) is 26.4 Å². The highest BCUT2D eigenvalue weighted by molar-refractivity contribution is 6.00. The highest BCUT2D eigenvalue weighted by Crippen LogP contribution is 2.39. The van der Waals surface area contributed by atoms with Gasteiger partial charge in [-0.2, -0.15) is 0 Å². The fourth-order valence-electron chi connectivity index (χ4n) is 10.3. The Bertz CT molecular complexity index is 2710. The van der Waals surface area contributed by atoms with Crippen molar-refractivity contribution in [2.45, 2.75) is 182 Å². The molecule has 0 unspecified atom stereocenters. The molecular weight excluding hydrogens is 937 g/mol. The average Bonchev–Trinajstić information content (AvgIpc) is 4.30. The second kappa shape index (κ2) is 30.2. The molecule has 0 spiro atoms. The molecule has 0 radical (unpaired) electrons. The average molecular weight is 1020 g/mol. The van der Waals surface area contributed by atoms with Crippen LogP contribution in [-0.2, 0) is 0 Å². The van der Waals surface area contributed by atoms with Crippen LogP contribution in [0, 0.1) is 24.3 Å². The molecule has 0 saturated carbocycles. The third-order valence-electron chi connectivity index (χ3n) is 14.6. The van der Waals surface area contributed by atoms with Gasteiger partial charge in [0, 0.05) is 34.3 Å². The number of hydrogen-bond donors (Lipinski definition) is 2. The largest absolute Gasteiger partial charge is 0.493 e. The lowest BCUT2D eigenvalue weighted by Gasteiger charge is -2.14. The van der Waals surface area contributed by atoms with Gasteiger partial charge in [0.2, 0.25) is 0 Å². The number of aromatic amines is 2. The van der Waals surface area contributed by atoms with Gasteiger partial charge < -0.3 is 28.9 Å². The molecule has 8 rings (SSSR count). The molecular formula is C68H84N4O4. The van der Waals surface area contributed by atoms with Crippen LogP contribution in [0.5, 0.6) is 23.0 Å². The molecule has 6 heterocycles. The quantitative estimate of drug-likeness (QED) is 0.0391. The lowest BCUT2D eigenvalue weighted by atomic mass is 10.0. The number of ether oxygens (including phenoxy) is 4. The molecule has 6 aromatic rings. The van der Waals surface area contributed by atoms with Gasteiger partial charge in [-0.3, -0.25) is 0 Å². The van der Waals surface area contributed by atoms with E-state index in [1.54, 1.807) is 0 Å². The summed E-state index contributed by atoms with van der Waals surface area (Å²) in [5, 5.41) is 1.51. The number of rotatable bonds is 34. The van der Waals surface area contributed by atoms with Crippen molar-refractivity contribution in [2.24, 2.45) is 0 Å². The van der Waals surface area contributed by atoms with Crippen LogP contribution >= 0.6 is 0 Å². The minimum absolute atomic E-state index is 0.653. The number of aromatic nitrogens is 4. The molecule has 76 heavy (non-hydrogen) atoms. The first-order valence-electron chi connectivity index (χ1n) is 29.6. The summed E-state index contributed by atoms with van der Waals surface area (Å²) in [6.07, 6.45) is 37.2. The van der Waals surface area contributed by atoms with Gasteiger partial charge in [-0.15, -0.1) is 0 Å². The van der Waals surface area contributed by atoms with Gasteiger partial charge in [-0.05, 0) is 134 Å². The van der Waals surface area contributed by atoms with Crippen molar-refractivity contribution in [3.8, 4) is 45.3 Å². The Hall–Kier alpha value is -6.64. The van der Waals surface area contributed by atoms with Crippen molar-refractivity contribution >= 4 is 57.1 Å². The predicted octanol–water partition coefficient (Wildman–Crippen LogP) is 19.3. The number of benzene rings is 2. The van der Waals surface area contributed by atoms with Crippen molar-refractivity contribution < 1.29 is 18.9 Å². The Labute approximate surface area is 455 Å². The van der Waals surface area contributed by atoms with E-state index in [2.05, 4.69) is 147 Å². The molecule has 2 aliphatic heterocycles. The summed E-state index contributed by atoms with van der Waals surface area (Å²) in [5.41, 5.74) is 10.4. The van der Waals surface area contributed by atoms with E-state index in [1.165, 1.54) is 103 Å². The first kappa shape index (κ1) is 55.6. The Morgan fingerprint density at radius 1 is 0.342 bits per heavy atom. The fourth-order valence-corrected chi connectivity index (χ4v) is 10.3. The zero-order valence-corrected chi connectivity index (χ0v) is 46.4. The molecule has 400 valence electrons. The molecule has 2 N–H and O–H groups in total. The van der Waals surface area contributed by atoms with Crippen LogP contribution in [0.25, 0.3) is 79.4 Å². The van der Waals surface area contributed by atoms with Gasteiger partial charge >= 0.3 is 0 Å². The lowest BCUT2D eigenvalue weighted by molar-refractivity contribution is 0.289. The van der Waals surface area contributed by atoms with Crippen LogP contribution in [0.15, 0.2) is 60.7 Å². The van der Waals surface area contributed by atoms with Crippen molar-refractivity contribution in [3.63, 3.8) is 0 Å². The minimum atomic E-state index is 0.653. The van der Waals surface area contributed by atoms with Crippen molar-refractivity contribution in [1.82, 2.24) is 19.9 Å². The standard InChI is InChI=1S/C68H84N4O4/c1-5-9-13-17-21-27-41-73-53-45-51(46-54(49-53)74-42-28-22-18-14-10-6-2)67-63-37-33-59(69-63)57-31-25-26-32-58(60-34-38-64(67)70-60)62-36-40-66(72-62)68(65-39-35-61(57)71-65)52-47-55(75-43-29-23-19-15-11-7-3)50-56(48-52)76-44-30-24-20-16-12-8-4/h33-40,45-50,69,72H,5-24,27-30,41-44H2,1-4H3. The summed E-state index contributed by atoms with van der Waals surface area (Å²) in [6.45, 7) is 11.7. The fraction of sp³-hybridized carbons (Fsp3) is 0.471. The van der Waals surface area contributed by atoms with E-state index in [0.717, 1.165) is 152 Å². The maximum absolute atomic E-state index is 6.56. The molecule has 8 heteroatoms. The Morgan fingerprint density at radius 2 is 0.632 bits per heavy atom. The van der Waals surface area contributed by atoms with E-state index in [0.29, 0.717) is 26.4 Å². The van der Waals surface area contributed by atoms with E-state index in [9.17, 15) is 0 Å². The van der Waals surface area contributed by atoms with Crippen molar-refractivity contribution in [3.05, 3.63) is 108 Å². The summed E-state index contributed by atoms with van der Waals surface area (Å²) in [6, 6.07) is 34.5.